The van der Waals surface area contributed by atoms with E-state index in [4.69, 9.17) is 0 Å². The molecule has 0 amide bonds. The van der Waals surface area contributed by atoms with Gasteiger partial charge in [-0.2, -0.15) is 0 Å². The normalized spacial score (nSPS) is 26.1. The summed E-state index contributed by atoms with van der Waals surface area (Å²) in [5.41, 5.74) is 3.13. The molecule has 0 N–H and O–H groups in total. The minimum absolute atomic E-state index is 0.611. The van der Waals surface area contributed by atoms with Crippen molar-refractivity contribution in [2.75, 3.05) is 18.0 Å². The summed E-state index contributed by atoms with van der Waals surface area (Å²) in [5.74, 6) is 0. The van der Waals surface area contributed by atoms with Crippen LogP contribution in [0.4, 0.5) is 5.13 Å². The Morgan fingerprint density at radius 3 is 3.00 bits per heavy atom. The average Bonchev–Trinajstić information content (AvgIpc) is 3.18. The second kappa shape index (κ2) is 5.10. The zero-order chi connectivity index (χ0) is 13.4. The zero-order valence-corrected chi connectivity index (χ0v) is 12.0. The van der Waals surface area contributed by atoms with E-state index in [1.165, 1.54) is 24.9 Å². The summed E-state index contributed by atoms with van der Waals surface area (Å²) in [7, 11) is 0. The molecule has 104 valence electrons. The quantitative estimate of drug-likeness (QED) is 0.861. The fourth-order valence-corrected chi connectivity index (χ4v) is 4.17. The molecular weight excluding hydrogens is 270 g/mol. The molecular formula is C14H17N5S. The third-order valence-corrected chi connectivity index (χ3v) is 5.12. The van der Waals surface area contributed by atoms with Crippen LogP contribution in [0.15, 0.2) is 30.0 Å². The predicted molar refractivity (Wildman–Crippen MR) is 78.7 cm³/mol. The lowest BCUT2D eigenvalue weighted by atomic mass is 10.1. The van der Waals surface area contributed by atoms with Gasteiger partial charge in [0.2, 0.25) is 5.13 Å². The van der Waals surface area contributed by atoms with Crippen molar-refractivity contribution in [2.24, 2.45) is 0 Å². The van der Waals surface area contributed by atoms with Crippen molar-refractivity contribution in [2.45, 2.75) is 31.5 Å². The van der Waals surface area contributed by atoms with Crippen LogP contribution in [-0.2, 0) is 6.54 Å². The highest BCUT2D eigenvalue weighted by atomic mass is 32.1. The van der Waals surface area contributed by atoms with Crippen LogP contribution in [0.25, 0.3) is 0 Å². The van der Waals surface area contributed by atoms with Crippen molar-refractivity contribution < 1.29 is 0 Å². The second-order valence-electron chi connectivity index (χ2n) is 5.46. The summed E-state index contributed by atoms with van der Waals surface area (Å²) < 4.78 is 0. The molecule has 2 aromatic rings. The van der Waals surface area contributed by atoms with Crippen LogP contribution < -0.4 is 4.90 Å². The highest BCUT2D eigenvalue weighted by Gasteiger charge is 2.43. The number of aromatic nitrogens is 3. The monoisotopic (exact) mass is 287 g/mol. The lowest BCUT2D eigenvalue weighted by Gasteiger charge is -2.25. The van der Waals surface area contributed by atoms with Crippen molar-refractivity contribution in [3.05, 3.63) is 35.6 Å². The van der Waals surface area contributed by atoms with Gasteiger partial charge >= 0.3 is 0 Å². The first-order chi connectivity index (χ1) is 9.92. The third kappa shape index (κ3) is 2.09. The smallest absolute Gasteiger partial charge is 0.208 e. The molecule has 2 aliphatic heterocycles. The summed E-state index contributed by atoms with van der Waals surface area (Å²) in [5, 5.41) is 9.29. The Kier molecular flexibility index (Phi) is 3.12. The fourth-order valence-electron chi connectivity index (χ4n) is 3.53. The van der Waals surface area contributed by atoms with E-state index in [0.717, 1.165) is 18.2 Å². The predicted octanol–water partition coefficient (Wildman–Crippen LogP) is 1.79. The molecule has 2 atom stereocenters. The molecule has 0 aromatic carbocycles. The van der Waals surface area contributed by atoms with Gasteiger partial charge in [0.1, 0.15) is 5.51 Å². The van der Waals surface area contributed by atoms with Gasteiger partial charge < -0.3 is 4.90 Å². The molecule has 20 heavy (non-hydrogen) atoms. The van der Waals surface area contributed by atoms with Crippen molar-refractivity contribution in [3.63, 3.8) is 0 Å². The lowest BCUT2D eigenvalue weighted by Crippen LogP contribution is -2.36. The molecule has 0 radical (unpaired) electrons. The van der Waals surface area contributed by atoms with Crippen LogP contribution in [-0.4, -0.2) is 45.3 Å². The van der Waals surface area contributed by atoms with E-state index in [1.807, 2.05) is 24.0 Å². The van der Waals surface area contributed by atoms with Crippen LogP contribution in [0, 0.1) is 0 Å². The van der Waals surface area contributed by atoms with Crippen LogP contribution >= 0.6 is 11.3 Å². The molecule has 0 bridgehead atoms. The van der Waals surface area contributed by atoms with E-state index in [1.54, 1.807) is 11.3 Å². The first-order valence-electron chi connectivity index (χ1n) is 7.07. The Morgan fingerprint density at radius 1 is 1.25 bits per heavy atom. The minimum Gasteiger partial charge on any atom is -0.342 e. The number of nitrogens with zero attached hydrogens (tertiary/aromatic N) is 5. The van der Waals surface area contributed by atoms with Crippen molar-refractivity contribution in [3.8, 4) is 0 Å². The van der Waals surface area contributed by atoms with Gasteiger partial charge in [-0.3, -0.25) is 9.88 Å². The highest BCUT2D eigenvalue weighted by Crippen LogP contribution is 2.36. The van der Waals surface area contributed by atoms with Crippen molar-refractivity contribution in [1.82, 2.24) is 20.1 Å². The van der Waals surface area contributed by atoms with E-state index >= 15 is 0 Å². The molecule has 5 nitrogen and oxygen atoms in total. The SMILES string of the molecule is c1cncc(CN2CC[C@H]3[C@H]2CCN3c2nncs2)c1. The molecule has 6 heteroatoms. The van der Waals surface area contributed by atoms with Gasteiger partial charge in [0.15, 0.2) is 0 Å². The third-order valence-electron chi connectivity index (χ3n) is 4.39. The zero-order valence-electron chi connectivity index (χ0n) is 11.2. The number of rotatable bonds is 3. The summed E-state index contributed by atoms with van der Waals surface area (Å²) in [6.45, 7) is 3.28. The molecule has 2 aromatic heterocycles. The lowest BCUT2D eigenvalue weighted by molar-refractivity contribution is 0.245. The van der Waals surface area contributed by atoms with Gasteiger partial charge in [-0.1, -0.05) is 17.4 Å². The summed E-state index contributed by atoms with van der Waals surface area (Å²) >= 11 is 1.65. The van der Waals surface area contributed by atoms with Crippen LogP contribution in [0.2, 0.25) is 0 Å². The van der Waals surface area contributed by atoms with Gasteiger partial charge in [-0.25, -0.2) is 0 Å². The minimum atomic E-state index is 0.611. The van der Waals surface area contributed by atoms with E-state index in [-0.39, 0.29) is 0 Å². The molecule has 4 heterocycles. The number of pyridine rings is 1. The van der Waals surface area contributed by atoms with Gasteiger partial charge in [0, 0.05) is 44.1 Å². The molecule has 0 saturated carbocycles. The summed E-state index contributed by atoms with van der Waals surface area (Å²) in [4.78, 5) is 9.26. The molecule has 2 aliphatic rings. The first kappa shape index (κ1) is 12.2. The fraction of sp³-hybridized carbons (Fsp3) is 0.500. The van der Waals surface area contributed by atoms with Crippen molar-refractivity contribution in [1.29, 1.82) is 0 Å². The highest BCUT2D eigenvalue weighted by molar-refractivity contribution is 7.13. The Morgan fingerprint density at radius 2 is 2.20 bits per heavy atom. The molecule has 2 fully saturated rings. The first-order valence-corrected chi connectivity index (χ1v) is 7.95. The van der Waals surface area contributed by atoms with Gasteiger partial charge in [0.05, 0.1) is 0 Å². The number of anilines is 1. The van der Waals surface area contributed by atoms with Crippen LogP contribution in [0.3, 0.4) is 0 Å². The largest absolute Gasteiger partial charge is 0.342 e. The number of hydrogen-bond acceptors (Lipinski definition) is 6. The Labute approximate surface area is 122 Å². The van der Waals surface area contributed by atoms with E-state index in [2.05, 4.69) is 31.0 Å². The standard InChI is InChI=1S/C14H17N5S/c1-2-11(8-15-5-1)9-18-6-3-13-12(18)4-7-19(13)14-17-16-10-20-14/h1-2,5,8,10,12-13H,3-4,6-7,9H2/t12-,13+/m1/s1. The Bertz CT molecular complexity index is 558. The maximum atomic E-state index is 4.23. The molecule has 0 spiro atoms. The number of hydrogen-bond donors (Lipinski definition) is 0. The second-order valence-corrected chi connectivity index (χ2v) is 6.27. The molecule has 2 saturated heterocycles. The van der Waals surface area contributed by atoms with Crippen molar-refractivity contribution >= 4 is 16.5 Å². The van der Waals surface area contributed by atoms with Gasteiger partial charge in [-0.05, 0) is 24.5 Å². The summed E-state index contributed by atoms with van der Waals surface area (Å²) in [6, 6.07) is 5.45. The van der Waals surface area contributed by atoms with E-state index in [0.29, 0.717) is 12.1 Å². The van der Waals surface area contributed by atoms with Gasteiger partial charge in [-0.15, -0.1) is 10.2 Å². The van der Waals surface area contributed by atoms with E-state index in [9.17, 15) is 0 Å². The Hall–Kier alpha value is -1.53. The molecule has 4 rings (SSSR count). The van der Waals surface area contributed by atoms with Crippen LogP contribution in [0.1, 0.15) is 18.4 Å². The van der Waals surface area contributed by atoms with Crippen LogP contribution in [0.5, 0.6) is 0 Å². The van der Waals surface area contributed by atoms with E-state index < -0.39 is 0 Å². The topological polar surface area (TPSA) is 45.2 Å². The maximum absolute atomic E-state index is 4.23. The maximum Gasteiger partial charge on any atom is 0.208 e. The molecule has 0 unspecified atom stereocenters. The average molecular weight is 287 g/mol. The Balaban J connectivity index is 1.48. The van der Waals surface area contributed by atoms with Gasteiger partial charge in [0.25, 0.3) is 0 Å². The number of likely N-dealkylation sites (tertiary alicyclic amines) is 1. The molecule has 0 aliphatic carbocycles. The number of fused-ring (bicyclic) bond motifs is 1. The summed E-state index contributed by atoms with van der Waals surface area (Å²) in [6.07, 6.45) is 6.27.